The minimum absolute atomic E-state index is 0.135. The van der Waals surface area contributed by atoms with E-state index >= 15 is 0 Å². The lowest BCUT2D eigenvalue weighted by Crippen LogP contribution is -2.56. The molecule has 0 saturated heterocycles. The monoisotopic (exact) mass is 579 g/mol. The molecular formula is C32H41N3O5S. The lowest BCUT2D eigenvalue weighted by molar-refractivity contribution is -0.140. The zero-order chi connectivity index (χ0) is 30.2. The van der Waals surface area contributed by atoms with E-state index in [1.165, 1.54) is 4.90 Å². The smallest absolute Gasteiger partial charge is 0.244 e. The summed E-state index contributed by atoms with van der Waals surface area (Å²) >= 11 is 0. The number of nitrogens with zero attached hydrogens (tertiary/aromatic N) is 2. The number of carbonyl (C=O) groups is 2. The molecule has 1 atom stereocenters. The van der Waals surface area contributed by atoms with Crippen LogP contribution in [0, 0.1) is 6.92 Å². The minimum Gasteiger partial charge on any atom is -0.494 e. The lowest BCUT2D eigenvalue weighted by atomic mass is 10.0. The van der Waals surface area contributed by atoms with Gasteiger partial charge in [-0.25, -0.2) is 8.42 Å². The van der Waals surface area contributed by atoms with Gasteiger partial charge in [0.2, 0.25) is 21.8 Å². The van der Waals surface area contributed by atoms with E-state index in [-0.39, 0.29) is 18.9 Å². The maximum atomic E-state index is 14.1. The summed E-state index contributed by atoms with van der Waals surface area (Å²) in [5, 5.41) is 3.03. The molecule has 0 aromatic heterocycles. The van der Waals surface area contributed by atoms with Crippen LogP contribution in [-0.4, -0.2) is 56.1 Å². The van der Waals surface area contributed by atoms with E-state index in [9.17, 15) is 18.0 Å². The molecule has 3 aromatic rings. The Labute approximate surface area is 244 Å². The maximum absolute atomic E-state index is 14.1. The summed E-state index contributed by atoms with van der Waals surface area (Å²) in [5.41, 5.74) is 2.53. The molecule has 2 amide bonds. The van der Waals surface area contributed by atoms with Gasteiger partial charge in [-0.05, 0) is 70.0 Å². The molecule has 0 heterocycles. The quantitative estimate of drug-likeness (QED) is 0.335. The zero-order valence-corrected chi connectivity index (χ0v) is 25.6. The van der Waals surface area contributed by atoms with E-state index in [0.29, 0.717) is 18.0 Å². The van der Waals surface area contributed by atoms with Gasteiger partial charge < -0.3 is 15.0 Å². The average molecular weight is 580 g/mol. The molecule has 0 spiro atoms. The number of carbonyl (C=O) groups excluding carboxylic acids is 2. The molecule has 0 bridgehead atoms. The summed E-state index contributed by atoms with van der Waals surface area (Å²) in [6.07, 6.45) is 1.33. The summed E-state index contributed by atoms with van der Waals surface area (Å²) in [6, 6.07) is 22.9. The van der Waals surface area contributed by atoms with Crippen LogP contribution < -0.4 is 14.4 Å². The van der Waals surface area contributed by atoms with E-state index in [4.69, 9.17) is 4.74 Å². The molecule has 3 rings (SSSR count). The van der Waals surface area contributed by atoms with Crippen LogP contribution in [0.3, 0.4) is 0 Å². The number of hydrogen-bond donors (Lipinski definition) is 1. The van der Waals surface area contributed by atoms with E-state index in [1.807, 2.05) is 89.2 Å². The molecule has 1 N–H and O–H groups in total. The number of nitrogens with one attached hydrogen (secondary N) is 1. The van der Waals surface area contributed by atoms with Crippen LogP contribution in [0.5, 0.6) is 5.75 Å². The number of anilines is 1. The highest BCUT2D eigenvalue weighted by Crippen LogP contribution is 2.23. The molecule has 1 unspecified atom stereocenters. The fraction of sp³-hybridized carbons (Fsp3) is 0.375. The molecule has 0 fully saturated rings. The molecule has 8 nitrogen and oxygen atoms in total. The predicted octanol–water partition coefficient (Wildman–Crippen LogP) is 4.71. The van der Waals surface area contributed by atoms with E-state index in [1.54, 1.807) is 24.3 Å². The van der Waals surface area contributed by atoms with Crippen molar-refractivity contribution in [1.29, 1.82) is 0 Å². The third-order valence-electron chi connectivity index (χ3n) is 6.32. The lowest BCUT2D eigenvalue weighted by Gasteiger charge is -2.35. The Kier molecular flexibility index (Phi) is 10.6. The highest BCUT2D eigenvalue weighted by Gasteiger charge is 2.34. The van der Waals surface area contributed by atoms with Crippen molar-refractivity contribution in [1.82, 2.24) is 10.2 Å². The van der Waals surface area contributed by atoms with Crippen molar-refractivity contribution in [2.24, 2.45) is 0 Å². The van der Waals surface area contributed by atoms with Crippen LogP contribution in [0.2, 0.25) is 0 Å². The van der Waals surface area contributed by atoms with Gasteiger partial charge >= 0.3 is 0 Å². The van der Waals surface area contributed by atoms with Crippen LogP contribution >= 0.6 is 0 Å². The van der Waals surface area contributed by atoms with Gasteiger partial charge in [0.15, 0.2) is 0 Å². The van der Waals surface area contributed by atoms with Crippen molar-refractivity contribution in [3.63, 3.8) is 0 Å². The van der Waals surface area contributed by atoms with Crippen molar-refractivity contribution in [3.8, 4) is 5.75 Å². The SMILES string of the molecule is CCOc1ccc(N(CC(=O)N(Cc2cccc(C)c2)C(Cc2ccccc2)C(=O)NC(C)(C)C)S(C)(=O)=O)cc1. The van der Waals surface area contributed by atoms with Crippen LogP contribution in [0.15, 0.2) is 78.9 Å². The fourth-order valence-electron chi connectivity index (χ4n) is 4.50. The molecule has 0 radical (unpaired) electrons. The Morgan fingerprint density at radius 1 is 0.927 bits per heavy atom. The molecular weight excluding hydrogens is 538 g/mol. The summed E-state index contributed by atoms with van der Waals surface area (Å²) in [5.74, 6) is -0.205. The van der Waals surface area contributed by atoms with E-state index in [0.717, 1.165) is 27.3 Å². The van der Waals surface area contributed by atoms with Crippen LogP contribution in [0.25, 0.3) is 0 Å². The van der Waals surface area contributed by atoms with Crippen molar-refractivity contribution < 1.29 is 22.7 Å². The average Bonchev–Trinajstić information content (AvgIpc) is 2.89. The highest BCUT2D eigenvalue weighted by atomic mass is 32.2. The fourth-order valence-corrected chi connectivity index (χ4v) is 5.35. The molecule has 0 aliphatic heterocycles. The maximum Gasteiger partial charge on any atom is 0.244 e. The number of sulfonamides is 1. The topological polar surface area (TPSA) is 96.0 Å². The molecule has 3 aromatic carbocycles. The highest BCUT2D eigenvalue weighted by molar-refractivity contribution is 7.92. The molecule has 41 heavy (non-hydrogen) atoms. The van der Waals surface area contributed by atoms with Crippen LogP contribution in [0.1, 0.15) is 44.4 Å². The van der Waals surface area contributed by atoms with E-state index < -0.39 is 34.1 Å². The predicted molar refractivity (Wildman–Crippen MR) is 163 cm³/mol. The van der Waals surface area contributed by atoms with Gasteiger partial charge in [0.1, 0.15) is 18.3 Å². The van der Waals surface area contributed by atoms with Gasteiger partial charge in [0.25, 0.3) is 0 Å². The Morgan fingerprint density at radius 2 is 1.56 bits per heavy atom. The first kappa shape index (κ1) is 31.7. The third kappa shape index (κ3) is 9.63. The molecule has 0 aliphatic rings. The Balaban J connectivity index is 2.05. The van der Waals surface area contributed by atoms with Crippen LogP contribution in [0.4, 0.5) is 5.69 Å². The summed E-state index contributed by atoms with van der Waals surface area (Å²) in [7, 11) is -3.84. The first-order valence-electron chi connectivity index (χ1n) is 13.7. The van der Waals surface area contributed by atoms with E-state index in [2.05, 4.69) is 5.32 Å². The van der Waals surface area contributed by atoms with Gasteiger partial charge in [-0.2, -0.15) is 0 Å². The van der Waals surface area contributed by atoms with Gasteiger partial charge in [-0.15, -0.1) is 0 Å². The number of ether oxygens (including phenoxy) is 1. The standard InChI is InChI=1S/C32H41N3O5S/c1-7-40-28-18-16-27(17-19-28)35(41(6,38)39)23-30(36)34(22-26-15-11-12-24(2)20-26)29(31(37)33-32(3,4)5)21-25-13-9-8-10-14-25/h8-20,29H,7,21-23H2,1-6H3,(H,33,37). The normalized spacial score (nSPS) is 12.3. The molecule has 0 saturated carbocycles. The number of benzene rings is 3. The number of amides is 2. The Hall–Kier alpha value is -3.85. The minimum atomic E-state index is -3.84. The van der Waals surface area contributed by atoms with Gasteiger partial charge in [0.05, 0.1) is 18.6 Å². The van der Waals surface area contributed by atoms with Crippen molar-refractivity contribution >= 4 is 27.5 Å². The number of rotatable bonds is 12. The first-order chi connectivity index (χ1) is 19.3. The zero-order valence-electron chi connectivity index (χ0n) is 24.8. The molecule has 0 aliphatic carbocycles. The second kappa shape index (κ2) is 13.7. The second-order valence-electron chi connectivity index (χ2n) is 11.2. The van der Waals surface area contributed by atoms with Crippen LogP contribution in [-0.2, 0) is 32.6 Å². The number of aryl methyl sites for hydroxylation is 1. The van der Waals surface area contributed by atoms with Crippen molar-refractivity contribution in [2.45, 2.75) is 59.2 Å². The van der Waals surface area contributed by atoms with Gasteiger partial charge in [-0.1, -0.05) is 60.2 Å². The third-order valence-corrected chi connectivity index (χ3v) is 7.46. The summed E-state index contributed by atoms with van der Waals surface area (Å²) in [6.45, 7) is 9.61. The van der Waals surface area contributed by atoms with Gasteiger partial charge in [0, 0.05) is 18.5 Å². The van der Waals surface area contributed by atoms with Gasteiger partial charge in [-0.3, -0.25) is 13.9 Å². The number of hydrogen-bond acceptors (Lipinski definition) is 5. The van der Waals surface area contributed by atoms with Crippen molar-refractivity contribution in [3.05, 3.63) is 95.6 Å². The first-order valence-corrected chi connectivity index (χ1v) is 15.5. The summed E-state index contributed by atoms with van der Waals surface area (Å²) in [4.78, 5) is 29.4. The Bertz CT molecular complexity index is 1420. The molecule has 220 valence electrons. The van der Waals surface area contributed by atoms with Crippen molar-refractivity contribution in [2.75, 3.05) is 23.7 Å². The second-order valence-corrected chi connectivity index (χ2v) is 13.1. The Morgan fingerprint density at radius 3 is 2.12 bits per heavy atom. The molecule has 9 heteroatoms. The largest absolute Gasteiger partial charge is 0.494 e. The summed E-state index contributed by atoms with van der Waals surface area (Å²) < 4.78 is 32.4.